The van der Waals surface area contributed by atoms with Gasteiger partial charge in [-0.3, -0.25) is 24.4 Å². The van der Waals surface area contributed by atoms with E-state index in [2.05, 4.69) is 60.3 Å². The van der Waals surface area contributed by atoms with Crippen molar-refractivity contribution >= 4 is 100 Å². The zero-order valence-corrected chi connectivity index (χ0v) is 42.9. The number of methoxy groups -OCH3 is 1. The van der Waals surface area contributed by atoms with Gasteiger partial charge in [-0.05, 0) is 75.8 Å². The average Bonchev–Trinajstić information content (AvgIpc) is 3.82. The first kappa shape index (κ1) is 55.7. The summed E-state index contributed by atoms with van der Waals surface area (Å²) < 4.78 is 14.2. The molecule has 19 heteroatoms. The van der Waals surface area contributed by atoms with Gasteiger partial charge >= 0.3 is 12.0 Å². The van der Waals surface area contributed by atoms with Crippen LogP contribution in [-0.2, 0) is 43.2 Å². The van der Waals surface area contributed by atoms with E-state index >= 15 is 0 Å². The van der Waals surface area contributed by atoms with Crippen LogP contribution in [0.4, 0.5) is 4.79 Å². The molecule has 0 saturated carbocycles. The van der Waals surface area contributed by atoms with Gasteiger partial charge in [0.1, 0.15) is 18.1 Å². The number of pyridine rings is 1. The molecular weight excluding hydrogens is 897 g/mol. The molecule has 0 aliphatic carbocycles. The van der Waals surface area contributed by atoms with Crippen LogP contribution in [0.2, 0.25) is 0 Å². The van der Waals surface area contributed by atoms with E-state index in [1.807, 2.05) is 39.1 Å². The minimum Gasteiger partial charge on any atom is -0.464 e. The van der Waals surface area contributed by atoms with E-state index < -0.39 is 41.3 Å². The van der Waals surface area contributed by atoms with Gasteiger partial charge in [-0.15, -0.1) is 11.3 Å². The maximum atomic E-state index is 14.4. The third-order valence-corrected chi connectivity index (χ3v) is 12.4. The number of aryl methyl sites for hydroxylation is 1. The zero-order chi connectivity index (χ0) is 42.8. The maximum Gasteiger partial charge on any atom is 0.324 e. The van der Waals surface area contributed by atoms with Crippen molar-refractivity contribution in [2.45, 2.75) is 105 Å². The molecule has 1 aromatic carbocycles. The summed E-state index contributed by atoms with van der Waals surface area (Å²) in [4.78, 5) is 68.4. The lowest BCUT2D eigenvalue weighted by Crippen LogP contribution is -2.62. The number of thiazole rings is 1. The average molecular weight is 965 g/mol. The molecule has 2 aliphatic heterocycles. The van der Waals surface area contributed by atoms with E-state index in [4.69, 9.17) is 19.4 Å². The molecule has 3 aromatic heterocycles. The molecule has 1 fully saturated rings. The van der Waals surface area contributed by atoms with Crippen molar-refractivity contribution in [1.29, 1.82) is 0 Å². The van der Waals surface area contributed by atoms with Gasteiger partial charge in [0.15, 0.2) is 0 Å². The van der Waals surface area contributed by atoms with Crippen molar-refractivity contribution in [3.8, 4) is 22.5 Å². The number of rotatable bonds is 9. The summed E-state index contributed by atoms with van der Waals surface area (Å²) in [5.74, 6) is -1.53. The van der Waals surface area contributed by atoms with Crippen molar-refractivity contribution in [3.05, 3.63) is 58.2 Å². The fourth-order valence-corrected chi connectivity index (χ4v) is 9.12. The number of likely N-dealkylation sites (N-methyl/N-ethyl adjacent to an activating group) is 1. The summed E-state index contributed by atoms with van der Waals surface area (Å²) in [6, 6.07) is 7.51. The van der Waals surface area contributed by atoms with Crippen LogP contribution in [0.5, 0.6) is 0 Å². The second-order valence-electron chi connectivity index (χ2n) is 16.9. The number of esters is 1. The Balaban J connectivity index is 0.00000341. The molecule has 0 spiro atoms. The molecule has 350 valence electrons. The summed E-state index contributed by atoms with van der Waals surface area (Å²) in [6.07, 6.45) is 3.30. The Morgan fingerprint density at radius 3 is 2.46 bits per heavy atom. The number of hydrogen-bond donors (Lipinski definition) is 2. The number of hydrogen-bond acceptors (Lipinski definition) is 10. The van der Waals surface area contributed by atoms with Gasteiger partial charge in [0.25, 0.3) is 5.91 Å². The molecule has 2 N–H and O–H groups in total. The third-order valence-electron chi connectivity index (χ3n) is 11.6. The number of nitrogens with zero attached hydrogens (tertiary/aromatic N) is 6. The normalized spacial score (nSPS) is 18.3. The Bertz CT molecular complexity index is 2200. The number of cyclic esters (lactones) is 1. The fraction of sp³-hybridized carbons (Fsp3) is 0.545. The number of carbonyl (C=O) groups excluding carboxylic acids is 4. The number of fused-ring (bicyclic) bond motifs is 6. The lowest BCUT2D eigenvalue weighted by atomic mass is 9.84. The number of aromatic nitrogens is 3. The van der Waals surface area contributed by atoms with E-state index in [0.717, 1.165) is 44.7 Å². The van der Waals surface area contributed by atoms with Crippen LogP contribution in [0.15, 0.2) is 41.9 Å². The van der Waals surface area contributed by atoms with Gasteiger partial charge in [-0.2, -0.15) is 54.0 Å². The van der Waals surface area contributed by atoms with Crippen LogP contribution in [-0.4, -0.2) is 112 Å². The summed E-state index contributed by atoms with van der Waals surface area (Å²) in [5.41, 5.74) is 9.37. The molecule has 4 atom stereocenters. The van der Waals surface area contributed by atoms with Crippen molar-refractivity contribution < 1.29 is 28.7 Å². The highest BCUT2D eigenvalue weighted by atomic mass is 32.1. The van der Waals surface area contributed by atoms with Crippen LogP contribution in [0.1, 0.15) is 83.7 Å². The molecule has 4 amide bonds. The third kappa shape index (κ3) is 12.1. The topological polar surface area (TPSA) is 151 Å². The van der Waals surface area contributed by atoms with Gasteiger partial charge in [-0.25, -0.2) is 15.2 Å². The van der Waals surface area contributed by atoms with Gasteiger partial charge in [0.05, 0.1) is 34.8 Å². The van der Waals surface area contributed by atoms with Crippen molar-refractivity contribution in [2.75, 3.05) is 40.9 Å². The first-order valence-corrected chi connectivity index (χ1v) is 21.6. The van der Waals surface area contributed by atoms with Gasteiger partial charge in [-0.1, -0.05) is 33.8 Å². The monoisotopic (exact) mass is 964 g/mol. The highest BCUT2D eigenvalue weighted by Gasteiger charge is 2.38. The summed E-state index contributed by atoms with van der Waals surface area (Å²) >= 11 is 1.42. The molecule has 14 nitrogen and oxygen atoms in total. The quantitative estimate of drug-likeness (QED) is 0.175. The molecule has 6 rings (SSSR count). The van der Waals surface area contributed by atoms with Crippen molar-refractivity contribution in [3.63, 3.8) is 0 Å². The summed E-state index contributed by atoms with van der Waals surface area (Å²) in [7, 11) is 4.98. The number of carbonyl (C=O) groups is 4. The number of urea groups is 1. The van der Waals surface area contributed by atoms with Crippen molar-refractivity contribution in [1.82, 2.24) is 40.1 Å². The van der Waals surface area contributed by atoms with E-state index in [-0.39, 0.29) is 85.1 Å². The molecule has 0 unspecified atom stereocenters. The first-order valence-electron chi connectivity index (χ1n) is 20.7. The van der Waals surface area contributed by atoms with E-state index in [9.17, 15) is 19.2 Å². The Morgan fingerprint density at radius 2 is 1.81 bits per heavy atom. The molecular formula is C44H68N8O6S5. The van der Waals surface area contributed by atoms with Crippen LogP contribution < -0.4 is 10.7 Å². The van der Waals surface area contributed by atoms with Crippen LogP contribution in [0.25, 0.3) is 33.4 Å². The maximum absolute atomic E-state index is 14.4. The van der Waals surface area contributed by atoms with Crippen LogP contribution >= 0.6 is 65.3 Å². The number of nitrogens with one attached hydrogen (secondary N) is 2. The second kappa shape index (κ2) is 23.6. The highest BCUT2D eigenvalue weighted by molar-refractivity contribution is 7.59. The van der Waals surface area contributed by atoms with E-state index in [0.29, 0.717) is 43.9 Å². The Labute approximate surface area is 404 Å². The standard InChI is InChI=1S/C44H60N8O6S.4H2S/c1-11-49(8)43(56)50(9)38(26(3)4)40(53)47-33-22-36-46-34(24-59-36)28-17-18-35-30(21-28)31(39(51(35)12-2)29-15-13-19-45-37(29)27(5)57-10)23-44(6,7)25-58-42(55)32-16-14-20-52(48-32)41(33)54;;;;/h13,15,17-19,21,24,26-27,32-33,38,48H,11-12,14,16,20,22-23,25H2,1-10H3,(H,47,53);4*1H2/t27-,32-,33-,38-;;;;/m0..../s1. The number of amides is 4. The second-order valence-corrected chi connectivity index (χ2v) is 17.8. The van der Waals surface area contributed by atoms with E-state index in [1.54, 1.807) is 27.4 Å². The Kier molecular flexibility index (Phi) is 20.9. The first-order chi connectivity index (χ1) is 28.1. The van der Waals surface area contributed by atoms with Crippen LogP contribution in [0.3, 0.4) is 0 Å². The predicted octanol–water partition coefficient (Wildman–Crippen LogP) is 6.68. The highest BCUT2D eigenvalue weighted by Crippen LogP contribution is 2.42. The van der Waals surface area contributed by atoms with E-state index in [1.165, 1.54) is 26.1 Å². The molecule has 0 radical (unpaired) electrons. The molecule has 4 aromatic rings. The molecule has 1 saturated heterocycles. The summed E-state index contributed by atoms with van der Waals surface area (Å²) in [5, 5.41) is 8.14. The minimum atomic E-state index is -1.03. The predicted molar refractivity (Wildman–Crippen MR) is 271 cm³/mol. The lowest BCUT2D eigenvalue weighted by Gasteiger charge is -2.37. The fourth-order valence-electron chi connectivity index (χ4n) is 8.27. The number of hydrazine groups is 1. The zero-order valence-electron chi connectivity index (χ0n) is 38.1. The molecule has 5 heterocycles. The molecule has 2 aliphatic rings. The number of benzene rings is 1. The summed E-state index contributed by atoms with van der Waals surface area (Å²) in [6.45, 7) is 15.6. The van der Waals surface area contributed by atoms with Crippen molar-refractivity contribution in [2.24, 2.45) is 11.3 Å². The Morgan fingerprint density at radius 1 is 1.10 bits per heavy atom. The lowest BCUT2D eigenvalue weighted by molar-refractivity contribution is -0.155. The minimum absolute atomic E-state index is 0. The number of ether oxygens (including phenoxy) is 2. The van der Waals surface area contributed by atoms with Crippen LogP contribution in [0, 0.1) is 11.3 Å². The SMILES string of the molecule is CCN(C)C(=O)N(C)[C@H](C(=O)N[C@H]1Cc2nc(cs2)-c2ccc3c(c2)c(c(-c2cccnc2[C@H](C)OC)n3CC)CC(C)(C)COC(=O)[C@@H]2CCCN(N2)C1=O)C(C)C.S.S.S.S. The molecule has 6 bridgehead atoms. The van der Waals surface area contributed by atoms with Gasteiger partial charge in [0.2, 0.25) is 5.91 Å². The molecule has 63 heavy (non-hydrogen) atoms. The largest absolute Gasteiger partial charge is 0.464 e. The smallest absolute Gasteiger partial charge is 0.324 e. The van der Waals surface area contributed by atoms with Gasteiger partial charge < -0.3 is 29.2 Å². The Hall–Kier alpha value is -3.46. The van der Waals surface area contributed by atoms with Gasteiger partial charge in [0, 0.05) is 86.3 Å².